The first-order chi connectivity index (χ1) is 9.29. The molecular weight excluding hydrogens is 281 g/mol. The summed E-state index contributed by atoms with van der Waals surface area (Å²) in [6.07, 6.45) is 1.50. The van der Waals surface area contributed by atoms with Gasteiger partial charge in [-0.05, 0) is 49.2 Å². The summed E-state index contributed by atoms with van der Waals surface area (Å²) in [6.45, 7) is 3.27. The molecule has 1 aromatic heterocycles. The van der Waals surface area contributed by atoms with Gasteiger partial charge in [-0.15, -0.1) is 0 Å². The first kappa shape index (κ1) is 14.3. The number of rotatable bonds is 3. The molecule has 106 valence electrons. The number of sulfonamides is 1. The molecule has 2 aromatic rings. The summed E-state index contributed by atoms with van der Waals surface area (Å²) in [5, 5.41) is 0. The third-order valence-electron chi connectivity index (χ3n) is 2.72. The average Bonchev–Trinajstić information content (AvgIpc) is 2.34. The summed E-state index contributed by atoms with van der Waals surface area (Å²) in [5.74, 6) is -0.414. The Kier molecular flexibility index (Phi) is 3.63. The van der Waals surface area contributed by atoms with E-state index in [2.05, 4.69) is 9.71 Å². The summed E-state index contributed by atoms with van der Waals surface area (Å²) < 4.78 is 40.2. The number of hydrogen-bond acceptors (Lipinski definition) is 4. The Balaban J connectivity index is 2.41. The molecule has 0 bridgehead atoms. The van der Waals surface area contributed by atoms with E-state index in [0.717, 1.165) is 11.6 Å². The van der Waals surface area contributed by atoms with Crippen LogP contribution >= 0.6 is 0 Å². The van der Waals surface area contributed by atoms with E-state index in [9.17, 15) is 12.8 Å². The molecule has 0 aliphatic rings. The van der Waals surface area contributed by atoms with Gasteiger partial charge < -0.3 is 5.73 Å². The van der Waals surface area contributed by atoms with Gasteiger partial charge in [-0.25, -0.2) is 17.8 Å². The summed E-state index contributed by atoms with van der Waals surface area (Å²) >= 11 is 0. The molecular formula is C13H14FN3O2S. The molecule has 2 rings (SSSR count). The van der Waals surface area contributed by atoms with Crippen LogP contribution in [0.5, 0.6) is 0 Å². The lowest BCUT2D eigenvalue weighted by atomic mass is 10.2. The van der Waals surface area contributed by atoms with Gasteiger partial charge in [0.2, 0.25) is 0 Å². The zero-order chi connectivity index (χ0) is 14.9. The lowest BCUT2D eigenvalue weighted by molar-refractivity contribution is 0.599. The minimum atomic E-state index is -3.85. The van der Waals surface area contributed by atoms with E-state index in [-0.39, 0.29) is 22.0 Å². The highest BCUT2D eigenvalue weighted by Gasteiger charge is 2.18. The van der Waals surface area contributed by atoms with E-state index in [1.54, 1.807) is 12.1 Å². The van der Waals surface area contributed by atoms with Gasteiger partial charge in [0.15, 0.2) is 0 Å². The fourth-order valence-electron chi connectivity index (χ4n) is 1.71. The molecule has 7 heteroatoms. The Morgan fingerprint density at radius 3 is 2.55 bits per heavy atom. The predicted molar refractivity (Wildman–Crippen MR) is 75.3 cm³/mol. The fraction of sp³-hybridized carbons (Fsp3) is 0.154. The van der Waals surface area contributed by atoms with Gasteiger partial charge in [-0.3, -0.25) is 4.72 Å². The average molecular weight is 295 g/mol. The summed E-state index contributed by atoms with van der Waals surface area (Å²) in [7, 11) is -3.85. The molecule has 1 heterocycles. The first-order valence-electron chi connectivity index (χ1n) is 5.81. The smallest absolute Gasteiger partial charge is 0.263 e. The quantitative estimate of drug-likeness (QED) is 0.850. The molecule has 0 aliphatic carbocycles. The van der Waals surface area contributed by atoms with E-state index in [1.165, 1.54) is 19.2 Å². The molecule has 0 saturated heterocycles. The number of benzene rings is 1. The second-order valence-electron chi connectivity index (χ2n) is 4.47. The SMILES string of the molecule is Cc1ccnc(NS(=O)(=O)c2cc(C)c(F)c(N)c2)c1. The number of nitrogen functional groups attached to an aromatic ring is 1. The zero-order valence-electron chi connectivity index (χ0n) is 11.0. The van der Waals surface area contributed by atoms with E-state index in [0.29, 0.717) is 0 Å². The summed E-state index contributed by atoms with van der Waals surface area (Å²) in [5.41, 5.74) is 6.28. The molecule has 5 nitrogen and oxygen atoms in total. The molecule has 0 spiro atoms. The van der Waals surface area contributed by atoms with Crippen LogP contribution in [0.4, 0.5) is 15.9 Å². The maximum Gasteiger partial charge on any atom is 0.263 e. The normalized spacial score (nSPS) is 11.3. The molecule has 0 fully saturated rings. The van der Waals surface area contributed by atoms with Gasteiger partial charge >= 0.3 is 0 Å². The molecule has 0 unspecified atom stereocenters. The molecule has 1 aromatic carbocycles. The van der Waals surface area contributed by atoms with Gasteiger partial charge in [0.1, 0.15) is 11.6 Å². The second-order valence-corrected chi connectivity index (χ2v) is 6.15. The number of anilines is 2. The van der Waals surface area contributed by atoms with Crippen LogP contribution in [0.3, 0.4) is 0 Å². The maximum absolute atomic E-state index is 13.4. The van der Waals surface area contributed by atoms with Gasteiger partial charge in [0, 0.05) is 6.20 Å². The molecule has 3 N–H and O–H groups in total. The number of nitrogens with one attached hydrogen (secondary N) is 1. The molecule has 0 radical (unpaired) electrons. The van der Waals surface area contributed by atoms with E-state index < -0.39 is 15.8 Å². The van der Waals surface area contributed by atoms with Crippen LogP contribution in [0.2, 0.25) is 0 Å². The molecule has 0 atom stereocenters. The number of halogens is 1. The van der Waals surface area contributed by atoms with Crippen LogP contribution in [-0.2, 0) is 10.0 Å². The third-order valence-corrected chi connectivity index (χ3v) is 4.06. The van der Waals surface area contributed by atoms with Crippen molar-refractivity contribution in [1.82, 2.24) is 4.98 Å². The second kappa shape index (κ2) is 5.09. The Bertz CT molecular complexity index is 737. The zero-order valence-corrected chi connectivity index (χ0v) is 11.8. The van der Waals surface area contributed by atoms with E-state index in [4.69, 9.17) is 5.73 Å². The molecule has 0 amide bonds. The van der Waals surface area contributed by atoms with Crippen molar-refractivity contribution in [2.45, 2.75) is 18.7 Å². The minimum absolute atomic E-state index is 0.0998. The summed E-state index contributed by atoms with van der Waals surface area (Å²) in [4.78, 5) is 3.82. The third kappa shape index (κ3) is 2.88. The lowest BCUT2D eigenvalue weighted by Gasteiger charge is -2.10. The Morgan fingerprint density at radius 1 is 1.25 bits per heavy atom. The van der Waals surface area contributed by atoms with Crippen molar-refractivity contribution in [3.8, 4) is 0 Å². The maximum atomic E-state index is 13.4. The van der Waals surface area contributed by atoms with Crippen LogP contribution in [-0.4, -0.2) is 13.4 Å². The van der Waals surface area contributed by atoms with Crippen LogP contribution in [0.25, 0.3) is 0 Å². The van der Waals surface area contributed by atoms with Gasteiger partial charge in [0.25, 0.3) is 10.0 Å². The fourth-order valence-corrected chi connectivity index (χ4v) is 2.83. The Hall–Kier alpha value is -2.15. The topological polar surface area (TPSA) is 85.1 Å². The number of aryl methyl sites for hydroxylation is 2. The van der Waals surface area contributed by atoms with Gasteiger partial charge in [-0.2, -0.15) is 0 Å². The standard InChI is InChI=1S/C13H14FN3O2S/c1-8-3-4-16-12(5-8)17-20(18,19)10-6-9(2)13(14)11(15)7-10/h3-7H,15H2,1-2H3,(H,16,17). The van der Waals surface area contributed by atoms with Crippen LogP contribution in [0, 0.1) is 19.7 Å². The number of pyridine rings is 1. The van der Waals surface area contributed by atoms with Crippen LogP contribution in [0.1, 0.15) is 11.1 Å². The summed E-state index contributed by atoms with van der Waals surface area (Å²) in [6, 6.07) is 5.65. The molecule has 0 saturated carbocycles. The van der Waals surface area contributed by atoms with Crippen molar-refractivity contribution >= 4 is 21.5 Å². The Morgan fingerprint density at radius 2 is 1.95 bits per heavy atom. The van der Waals surface area contributed by atoms with Crippen LogP contribution in [0.15, 0.2) is 35.4 Å². The van der Waals surface area contributed by atoms with Crippen molar-refractivity contribution in [2.24, 2.45) is 0 Å². The van der Waals surface area contributed by atoms with Crippen molar-refractivity contribution in [3.05, 3.63) is 47.4 Å². The first-order valence-corrected chi connectivity index (χ1v) is 7.29. The van der Waals surface area contributed by atoms with Gasteiger partial charge in [0.05, 0.1) is 10.6 Å². The predicted octanol–water partition coefficient (Wildman–Crippen LogP) is 2.22. The highest BCUT2D eigenvalue weighted by molar-refractivity contribution is 7.92. The molecule has 0 aliphatic heterocycles. The van der Waals surface area contributed by atoms with E-state index in [1.807, 2.05) is 6.92 Å². The number of nitrogens with two attached hydrogens (primary N) is 1. The van der Waals surface area contributed by atoms with Crippen molar-refractivity contribution in [2.75, 3.05) is 10.5 Å². The highest BCUT2D eigenvalue weighted by Crippen LogP contribution is 2.22. The van der Waals surface area contributed by atoms with Crippen molar-refractivity contribution in [1.29, 1.82) is 0 Å². The van der Waals surface area contributed by atoms with Crippen molar-refractivity contribution in [3.63, 3.8) is 0 Å². The Labute approximate surface area is 116 Å². The number of nitrogens with zero attached hydrogens (tertiary/aromatic N) is 1. The largest absolute Gasteiger partial charge is 0.396 e. The lowest BCUT2D eigenvalue weighted by Crippen LogP contribution is -2.15. The van der Waals surface area contributed by atoms with Crippen molar-refractivity contribution < 1.29 is 12.8 Å². The van der Waals surface area contributed by atoms with E-state index >= 15 is 0 Å². The minimum Gasteiger partial charge on any atom is -0.396 e. The molecule has 20 heavy (non-hydrogen) atoms. The van der Waals surface area contributed by atoms with Crippen LogP contribution < -0.4 is 10.5 Å². The number of hydrogen-bond donors (Lipinski definition) is 2. The monoisotopic (exact) mass is 295 g/mol. The number of aromatic nitrogens is 1. The highest BCUT2D eigenvalue weighted by atomic mass is 32.2. The van der Waals surface area contributed by atoms with Gasteiger partial charge in [-0.1, -0.05) is 0 Å².